The maximum absolute atomic E-state index is 12.7. The molecule has 4 rings (SSSR count). The zero-order valence-electron chi connectivity index (χ0n) is 16.6. The highest BCUT2D eigenvalue weighted by Crippen LogP contribution is 2.67. The van der Waals surface area contributed by atoms with Gasteiger partial charge in [0.15, 0.2) is 5.78 Å². The van der Waals surface area contributed by atoms with Crippen LogP contribution in [0.3, 0.4) is 0 Å². The van der Waals surface area contributed by atoms with E-state index in [2.05, 4.69) is 11.7 Å². The summed E-state index contributed by atoms with van der Waals surface area (Å²) < 4.78 is 4.59. The van der Waals surface area contributed by atoms with Crippen molar-refractivity contribution in [1.29, 1.82) is 0 Å². The fraction of sp³-hybridized carbons (Fsp3) is 0.682. The smallest absolute Gasteiger partial charge is 0.377 e. The second-order valence-electron chi connectivity index (χ2n) is 9.43. The zero-order chi connectivity index (χ0) is 20.5. The highest BCUT2D eigenvalue weighted by Gasteiger charge is 2.69. The van der Waals surface area contributed by atoms with Gasteiger partial charge in [0.1, 0.15) is 5.60 Å². The zero-order valence-corrected chi connectivity index (χ0v) is 16.6. The van der Waals surface area contributed by atoms with Crippen molar-refractivity contribution in [2.75, 3.05) is 7.11 Å². The summed E-state index contributed by atoms with van der Waals surface area (Å²) in [5.41, 5.74) is -2.04. The molecule has 3 fully saturated rings. The number of carbonyl (C=O) groups excluding carboxylic acids is 3. The Bertz CT molecular complexity index is 812. The van der Waals surface area contributed by atoms with Crippen LogP contribution >= 0.6 is 0 Å². The molecule has 28 heavy (non-hydrogen) atoms. The second kappa shape index (κ2) is 6.10. The molecular formula is C22H28O6. The summed E-state index contributed by atoms with van der Waals surface area (Å²) in [6.45, 7) is 3.91. The second-order valence-corrected chi connectivity index (χ2v) is 9.43. The van der Waals surface area contributed by atoms with Crippen LogP contribution < -0.4 is 0 Å². The maximum Gasteiger partial charge on any atom is 0.377 e. The Labute approximate surface area is 164 Å². The van der Waals surface area contributed by atoms with Gasteiger partial charge in [0.25, 0.3) is 5.78 Å². The van der Waals surface area contributed by atoms with Crippen LogP contribution in [0, 0.1) is 28.6 Å². The normalized spacial score (nSPS) is 46.9. The number of methoxy groups -OCH3 is 1. The van der Waals surface area contributed by atoms with Crippen LogP contribution in [0.4, 0.5) is 0 Å². The van der Waals surface area contributed by atoms with Gasteiger partial charge in [-0.1, -0.05) is 25.5 Å². The fourth-order valence-corrected chi connectivity index (χ4v) is 6.97. The highest BCUT2D eigenvalue weighted by atomic mass is 16.5. The lowest BCUT2D eigenvalue weighted by Gasteiger charge is -2.59. The SMILES string of the molecule is COC(=O)C(=O)[C@@]1(O)CC[C@H]2[C@@H]3CCC4=CC(=O)C=C[C@]4(C)[C@H]3[C@@H](O)C[C@@]21C. The van der Waals surface area contributed by atoms with Crippen LogP contribution in [0.1, 0.15) is 46.0 Å². The number of Topliss-reactive ketones (excluding diaryl/α,β-unsaturated/α-hetero) is 1. The molecular weight excluding hydrogens is 360 g/mol. The number of hydrogen-bond donors (Lipinski definition) is 2. The molecule has 0 heterocycles. The minimum Gasteiger partial charge on any atom is -0.463 e. The summed E-state index contributed by atoms with van der Waals surface area (Å²) >= 11 is 0. The first kappa shape index (κ1) is 19.5. The lowest BCUT2D eigenvalue weighted by atomic mass is 9.46. The third-order valence-electron chi connectivity index (χ3n) is 8.39. The van der Waals surface area contributed by atoms with E-state index in [1.54, 1.807) is 12.2 Å². The van der Waals surface area contributed by atoms with E-state index in [0.29, 0.717) is 6.42 Å². The van der Waals surface area contributed by atoms with Gasteiger partial charge >= 0.3 is 5.97 Å². The molecule has 6 nitrogen and oxygen atoms in total. The van der Waals surface area contributed by atoms with Crippen molar-refractivity contribution in [2.24, 2.45) is 28.6 Å². The molecule has 0 bridgehead atoms. The number of ether oxygens (including phenoxy) is 1. The summed E-state index contributed by atoms with van der Waals surface area (Å²) in [6, 6.07) is 0. The molecule has 7 atom stereocenters. The fourth-order valence-electron chi connectivity index (χ4n) is 6.97. The summed E-state index contributed by atoms with van der Waals surface area (Å²) in [5, 5.41) is 22.5. The minimum absolute atomic E-state index is 0.0139. The van der Waals surface area contributed by atoms with Crippen molar-refractivity contribution in [1.82, 2.24) is 0 Å². The van der Waals surface area contributed by atoms with Crippen molar-refractivity contribution in [2.45, 2.75) is 57.7 Å². The molecule has 4 aliphatic rings. The minimum atomic E-state index is -1.81. The molecule has 0 spiro atoms. The highest BCUT2D eigenvalue weighted by molar-refractivity contribution is 6.37. The van der Waals surface area contributed by atoms with E-state index < -0.39 is 34.3 Å². The molecule has 2 N–H and O–H groups in total. The first-order valence-corrected chi connectivity index (χ1v) is 10.1. The summed E-state index contributed by atoms with van der Waals surface area (Å²) in [4.78, 5) is 36.4. The van der Waals surface area contributed by atoms with Crippen LogP contribution in [0.2, 0.25) is 0 Å². The Morgan fingerprint density at radius 2 is 1.96 bits per heavy atom. The Morgan fingerprint density at radius 3 is 2.64 bits per heavy atom. The number of carbonyl (C=O) groups is 3. The topological polar surface area (TPSA) is 101 Å². The Morgan fingerprint density at radius 1 is 1.25 bits per heavy atom. The van der Waals surface area contributed by atoms with Gasteiger partial charge in [-0.15, -0.1) is 0 Å². The lowest BCUT2D eigenvalue weighted by molar-refractivity contribution is -0.184. The molecule has 4 aliphatic carbocycles. The van der Waals surface area contributed by atoms with Crippen LogP contribution in [0.5, 0.6) is 0 Å². The third-order valence-corrected chi connectivity index (χ3v) is 8.39. The maximum atomic E-state index is 12.7. The molecule has 0 aromatic rings. The van der Waals surface area contributed by atoms with E-state index in [0.717, 1.165) is 25.5 Å². The van der Waals surface area contributed by atoms with Gasteiger partial charge in [0, 0.05) is 16.7 Å². The number of fused-ring (bicyclic) bond motifs is 5. The predicted molar refractivity (Wildman–Crippen MR) is 100.0 cm³/mol. The van der Waals surface area contributed by atoms with Crippen LogP contribution in [-0.2, 0) is 19.1 Å². The average molecular weight is 388 g/mol. The Kier molecular flexibility index (Phi) is 4.25. The molecule has 0 amide bonds. The van der Waals surface area contributed by atoms with Gasteiger partial charge in [0.2, 0.25) is 0 Å². The van der Waals surface area contributed by atoms with Crippen LogP contribution in [0.15, 0.2) is 23.8 Å². The van der Waals surface area contributed by atoms with Gasteiger partial charge < -0.3 is 14.9 Å². The number of aliphatic hydroxyl groups excluding tert-OH is 1. The van der Waals surface area contributed by atoms with E-state index in [9.17, 15) is 24.6 Å². The number of aliphatic hydroxyl groups is 2. The molecule has 0 aromatic carbocycles. The van der Waals surface area contributed by atoms with Crippen molar-refractivity contribution in [3.8, 4) is 0 Å². The molecule has 0 unspecified atom stereocenters. The van der Waals surface area contributed by atoms with Crippen LogP contribution in [0.25, 0.3) is 0 Å². The third kappa shape index (κ3) is 2.31. The number of rotatable bonds is 2. The summed E-state index contributed by atoms with van der Waals surface area (Å²) in [5.74, 6) is -1.91. The van der Waals surface area contributed by atoms with Gasteiger partial charge in [-0.25, -0.2) is 4.79 Å². The number of esters is 1. The molecule has 0 aromatic heterocycles. The van der Waals surface area contributed by atoms with Crippen molar-refractivity contribution in [3.05, 3.63) is 23.8 Å². The van der Waals surface area contributed by atoms with Crippen molar-refractivity contribution in [3.63, 3.8) is 0 Å². The largest absolute Gasteiger partial charge is 0.463 e. The number of allylic oxidation sites excluding steroid dienone is 4. The molecule has 0 saturated heterocycles. The van der Waals surface area contributed by atoms with E-state index in [1.807, 2.05) is 13.0 Å². The lowest BCUT2D eigenvalue weighted by Crippen LogP contribution is -2.62. The van der Waals surface area contributed by atoms with Gasteiger partial charge in [-0.2, -0.15) is 0 Å². The van der Waals surface area contributed by atoms with Crippen molar-refractivity contribution < 1.29 is 29.3 Å². The van der Waals surface area contributed by atoms with E-state index >= 15 is 0 Å². The van der Waals surface area contributed by atoms with E-state index in [-0.39, 0.29) is 36.4 Å². The van der Waals surface area contributed by atoms with E-state index in [1.165, 1.54) is 0 Å². The number of hydrogen-bond acceptors (Lipinski definition) is 6. The summed E-state index contributed by atoms with van der Waals surface area (Å²) in [6.07, 6.45) is 7.08. The monoisotopic (exact) mass is 388 g/mol. The molecule has 152 valence electrons. The molecule has 0 radical (unpaired) electrons. The van der Waals surface area contributed by atoms with Gasteiger partial charge in [0.05, 0.1) is 13.2 Å². The standard InChI is InChI=1S/C22H28O6/c1-20-8-6-13(23)10-12(20)4-5-14-15-7-9-22(27,18(25)19(26)28-3)21(15,2)11-16(24)17(14)20/h6,8,10,14-17,24,27H,4-5,7,9,11H2,1-3H3/t14-,15-,16-,17+,20-,21-,22-/m0/s1. The first-order chi connectivity index (χ1) is 13.1. The van der Waals surface area contributed by atoms with Gasteiger partial charge in [-0.05, 0) is 56.1 Å². The average Bonchev–Trinajstić information content (AvgIpc) is 2.92. The van der Waals surface area contributed by atoms with Crippen molar-refractivity contribution >= 4 is 17.5 Å². The Balaban J connectivity index is 1.73. The first-order valence-electron chi connectivity index (χ1n) is 10.1. The summed E-state index contributed by atoms with van der Waals surface area (Å²) in [7, 11) is 1.14. The van der Waals surface area contributed by atoms with Gasteiger partial charge in [-0.3, -0.25) is 9.59 Å². The van der Waals surface area contributed by atoms with E-state index in [4.69, 9.17) is 0 Å². The number of ketones is 2. The molecule has 0 aliphatic heterocycles. The van der Waals surface area contributed by atoms with Crippen LogP contribution in [-0.4, -0.2) is 46.6 Å². The predicted octanol–water partition coefficient (Wildman–Crippen LogP) is 1.74. The molecule has 3 saturated carbocycles. The Hall–Kier alpha value is -1.79. The quantitative estimate of drug-likeness (QED) is 0.552. The molecule has 6 heteroatoms.